The average Bonchev–Trinajstić information content (AvgIpc) is 3.46. The molecule has 4 fully saturated rings. The lowest BCUT2D eigenvalue weighted by Gasteiger charge is -2.30. The van der Waals surface area contributed by atoms with Crippen LogP contribution >= 0.6 is 0 Å². The first kappa shape index (κ1) is 21.9. The number of carbonyl (C=O) groups excluding carboxylic acids is 2. The van der Waals surface area contributed by atoms with Gasteiger partial charge < -0.3 is 15.1 Å². The number of amides is 2. The number of benzene rings is 1. The van der Waals surface area contributed by atoms with E-state index < -0.39 is 0 Å². The van der Waals surface area contributed by atoms with Crippen LogP contribution in [0.15, 0.2) is 24.3 Å². The molecule has 2 saturated carbocycles. The van der Waals surface area contributed by atoms with Crippen molar-refractivity contribution in [1.29, 1.82) is 0 Å². The van der Waals surface area contributed by atoms with E-state index in [9.17, 15) is 14.0 Å². The molecule has 6 heteroatoms. The van der Waals surface area contributed by atoms with E-state index in [1.165, 1.54) is 12.5 Å². The van der Waals surface area contributed by atoms with Crippen molar-refractivity contribution in [2.75, 3.05) is 32.7 Å². The summed E-state index contributed by atoms with van der Waals surface area (Å²) in [4.78, 5) is 30.0. The van der Waals surface area contributed by atoms with Gasteiger partial charge in [-0.05, 0) is 61.6 Å². The van der Waals surface area contributed by atoms with Crippen LogP contribution in [-0.4, -0.2) is 54.3 Å². The van der Waals surface area contributed by atoms with Gasteiger partial charge in [0.1, 0.15) is 5.82 Å². The molecule has 2 heterocycles. The molecule has 2 amide bonds. The molecule has 2 aliphatic carbocycles. The topological polar surface area (TPSA) is 52.7 Å². The predicted molar refractivity (Wildman–Crippen MR) is 121 cm³/mol. The van der Waals surface area contributed by atoms with Gasteiger partial charge in [0.15, 0.2) is 0 Å². The minimum Gasteiger partial charge on any atom is -0.349 e. The number of likely N-dealkylation sites (tertiary alicyclic amines) is 2. The molecule has 0 bridgehead atoms. The molecule has 1 N–H and O–H groups in total. The van der Waals surface area contributed by atoms with E-state index in [1.54, 1.807) is 12.1 Å². The van der Waals surface area contributed by atoms with E-state index >= 15 is 0 Å². The fraction of sp³-hybridized carbons (Fsp3) is 0.692. The molecule has 1 aromatic rings. The second-order valence-corrected chi connectivity index (χ2v) is 10.5. The van der Waals surface area contributed by atoms with Gasteiger partial charge in [-0.1, -0.05) is 31.4 Å². The largest absolute Gasteiger partial charge is 0.349 e. The Morgan fingerprint density at radius 1 is 0.969 bits per heavy atom. The molecular weight excluding hydrogens is 405 g/mol. The van der Waals surface area contributed by atoms with Crippen LogP contribution in [0.5, 0.6) is 0 Å². The molecule has 5 nitrogen and oxygen atoms in total. The summed E-state index contributed by atoms with van der Waals surface area (Å²) in [7, 11) is 0. The van der Waals surface area contributed by atoms with Gasteiger partial charge in [0, 0.05) is 44.6 Å². The fourth-order valence-corrected chi connectivity index (χ4v) is 6.20. The van der Waals surface area contributed by atoms with Crippen LogP contribution in [0.25, 0.3) is 0 Å². The quantitative estimate of drug-likeness (QED) is 0.701. The van der Waals surface area contributed by atoms with Crippen LogP contribution < -0.4 is 5.32 Å². The number of halogens is 1. The molecule has 2 saturated heterocycles. The van der Waals surface area contributed by atoms with Gasteiger partial charge in [0.05, 0.1) is 6.04 Å². The lowest BCUT2D eigenvalue weighted by molar-refractivity contribution is -0.137. The number of fused-ring (bicyclic) bond motifs is 1. The van der Waals surface area contributed by atoms with E-state index in [0.29, 0.717) is 23.7 Å². The number of nitrogens with one attached hydrogen (secondary N) is 1. The minimum absolute atomic E-state index is 0.108. The molecular formula is C26H36FN3O2. The summed E-state index contributed by atoms with van der Waals surface area (Å²) < 4.78 is 13.9. The van der Waals surface area contributed by atoms with E-state index in [4.69, 9.17) is 0 Å². The van der Waals surface area contributed by atoms with Crippen LogP contribution in [0.3, 0.4) is 0 Å². The summed E-state index contributed by atoms with van der Waals surface area (Å²) in [6.45, 7) is 4.73. The summed E-state index contributed by atoms with van der Waals surface area (Å²) in [6.07, 6.45) is 8.32. The van der Waals surface area contributed by atoms with Gasteiger partial charge in [-0.15, -0.1) is 0 Å². The van der Waals surface area contributed by atoms with Gasteiger partial charge in [-0.3, -0.25) is 9.59 Å². The molecule has 4 aliphatic rings. The van der Waals surface area contributed by atoms with Crippen molar-refractivity contribution in [3.63, 3.8) is 0 Å². The molecule has 0 aromatic heterocycles. The zero-order chi connectivity index (χ0) is 22.1. The third-order valence-electron chi connectivity index (χ3n) is 8.36. The molecule has 5 rings (SSSR count). The van der Waals surface area contributed by atoms with Crippen molar-refractivity contribution in [3.05, 3.63) is 35.6 Å². The third kappa shape index (κ3) is 4.70. The molecule has 3 atom stereocenters. The van der Waals surface area contributed by atoms with Crippen LogP contribution in [0, 0.1) is 29.5 Å². The highest BCUT2D eigenvalue weighted by atomic mass is 19.1. The second-order valence-electron chi connectivity index (χ2n) is 10.5. The number of nitrogens with zero attached hydrogens (tertiary/aromatic N) is 2. The molecule has 0 radical (unpaired) electrons. The Kier molecular flexibility index (Phi) is 6.49. The highest BCUT2D eigenvalue weighted by molar-refractivity contribution is 5.80. The third-order valence-corrected chi connectivity index (χ3v) is 8.36. The maximum absolute atomic E-state index is 13.9. The smallest absolute Gasteiger partial charge is 0.225 e. The summed E-state index contributed by atoms with van der Waals surface area (Å²) in [6, 6.07) is 6.51. The number of rotatable bonds is 7. The van der Waals surface area contributed by atoms with Gasteiger partial charge in [-0.2, -0.15) is 0 Å². The highest BCUT2D eigenvalue weighted by Crippen LogP contribution is 2.35. The molecule has 1 aromatic carbocycles. The van der Waals surface area contributed by atoms with Crippen molar-refractivity contribution in [3.8, 4) is 0 Å². The zero-order valence-electron chi connectivity index (χ0n) is 19.0. The summed E-state index contributed by atoms with van der Waals surface area (Å²) in [5.74, 6) is 1.80. The Morgan fingerprint density at radius 3 is 2.28 bits per heavy atom. The monoisotopic (exact) mass is 441 g/mol. The Labute approximate surface area is 190 Å². The second kappa shape index (κ2) is 9.50. The van der Waals surface area contributed by atoms with Crippen LogP contribution in [-0.2, 0) is 9.59 Å². The first-order valence-corrected chi connectivity index (χ1v) is 12.6. The van der Waals surface area contributed by atoms with Crippen molar-refractivity contribution in [2.24, 2.45) is 23.7 Å². The average molecular weight is 442 g/mol. The van der Waals surface area contributed by atoms with Crippen molar-refractivity contribution in [1.82, 2.24) is 15.1 Å². The SMILES string of the molecule is O=C(N[C@@H](CCN1C[C@@H]2CN(C(=O)C3CCC3)C[C@@H]2C1)c1cccc(F)c1)C1CCCC1. The van der Waals surface area contributed by atoms with Crippen molar-refractivity contribution in [2.45, 2.75) is 57.4 Å². The Bertz CT molecular complexity index is 822. The molecule has 32 heavy (non-hydrogen) atoms. The standard InChI is InChI=1S/C26H36FN3O2/c27-23-10-4-9-20(13-23)24(28-25(31)18-5-1-2-6-18)11-12-29-14-21-16-30(17-22(21)15-29)26(32)19-7-3-8-19/h4,9-10,13,18-19,21-22,24H,1-3,5-8,11-12,14-17H2,(H,28,31)/t21-,22+,24-/m0/s1. The van der Waals surface area contributed by atoms with E-state index in [-0.39, 0.29) is 23.7 Å². The number of hydrogen-bond donors (Lipinski definition) is 1. The van der Waals surface area contributed by atoms with Gasteiger partial charge in [0.25, 0.3) is 0 Å². The number of hydrogen-bond acceptors (Lipinski definition) is 3. The Balaban J connectivity index is 1.16. The zero-order valence-corrected chi connectivity index (χ0v) is 19.0. The first-order valence-electron chi connectivity index (χ1n) is 12.6. The van der Waals surface area contributed by atoms with E-state index in [1.807, 2.05) is 6.07 Å². The van der Waals surface area contributed by atoms with Gasteiger partial charge in [0.2, 0.25) is 11.8 Å². The Hall–Kier alpha value is -1.95. The maximum atomic E-state index is 13.9. The van der Waals surface area contributed by atoms with E-state index in [0.717, 1.165) is 83.2 Å². The van der Waals surface area contributed by atoms with Gasteiger partial charge >= 0.3 is 0 Å². The Morgan fingerprint density at radius 2 is 1.66 bits per heavy atom. The molecule has 174 valence electrons. The van der Waals surface area contributed by atoms with Crippen molar-refractivity contribution >= 4 is 11.8 Å². The fourth-order valence-electron chi connectivity index (χ4n) is 6.20. The lowest BCUT2D eigenvalue weighted by Crippen LogP contribution is -2.40. The highest BCUT2D eigenvalue weighted by Gasteiger charge is 2.43. The van der Waals surface area contributed by atoms with Crippen LogP contribution in [0.1, 0.15) is 63.0 Å². The van der Waals surface area contributed by atoms with Crippen molar-refractivity contribution < 1.29 is 14.0 Å². The molecule has 0 unspecified atom stereocenters. The number of carbonyl (C=O) groups is 2. The first-order chi connectivity index (χ1) is 15.6. The predicted octanol–water partition coefficient (Wildman–Crippen LogP) is 3.75. The van der Waals surface area contributed by atoms with Crippen LogP contribution in [0.2, 0.25) is 0 Å². The summed E-state index contributed by atoms with van der Waals surface area (Å²) >= 11 is 0. The van der Waals surface area contributed by atoms with Crippen LogP contribution in [0.4, 0.5) is 4.39 Å². The minimum atomic E-state index is -0.255. The summed E-state index contributed by atoms with van der Waals surface area (Å²) in [5, 5.41) is 3.24. The van der Waals surface area contributed by atoms with Gasteiger partial charge in [-0.25, -0.2) is 4.39 Å². The summed E-state index contributed by atoms with van der Waals surface area (Å²) in [5.41, 5.74) is 0.855. The molecule has 0 spiro atoms. The lowest BCUT2D eigenvalue weighted by atomic mass is 9.84. The van der Waals surface area contributed by atoms with E-state index in [2.05, 4.69) is 15.1 Å². The normalized spacial score (nSPS) is 27.3. The molecule has 2 aliphatic heterocycles. The maximum Gasteiger partial charge on any atom is 0.225 e.